The van der Waals surface area contributed by atoms with Crippen LogP contribution in [0.25, 0.3) is 0 Å². The quantitative estimate of drug-likeness (QED) is 0.307. The van der Waals surface area contributed by atoms with Crippen LogP contribution < -0.4 is 10.6 Å². The van der Waals surface area contributed by atoms with Crippen molar-refractivity contribution in [2.24, 2.45) is 4.99 Å². The Labute approximate surface area is 153 Å². The Bertz CT molecular complexity index is 470. The third-order valence-corrected chi connectivity index (χ3v) is 4.12. The monoisotopic (exact) mass is 439 g/mol. The lowest BCUT2D eigenvalue weighted by molar-refractivity contribution is 0.799. The molecule has 0 heterocycles. The molecule has 0 aromatic heterocycles. The maximum absolute atomic E-state index is 6.05. The van der Waals surface area contributed by atoms with Gasteiger partial charge in [0.1, 0.15) is 0 Å². The second-order valence-corrected chi connectivity index (χ2v) is 6.32. The van der Waals surface area contributed by atoms with Gasteiger partial charge in [0.05, 0.1) is 6.54 Å². The zero-order chi connectivity index (χ0) is 14.4. The first kappa shape index (κ1) is 18.9. The Hall–Kier alpha value is -0.140. The fraction of sp³-hybridized carbons (Fsp3) is 0.533. The van der Waals surface area contributed by atoms with Gasteiger partial charge in [-0.05, 0) is 37.3 Å². The van der Waals surface area contributed by atoms with Crippen LogP contribution in [0.5, 0.6) is 0 Å². The van der Waals surface area contributed by atoms with Gasteiger partial charge < -0.3 is 10.6 Å². The standard InChI is InChI=1S/C15H22ClN3S.HI/c1-3-17-15(18-7-8-20-2)19-14-10-13(14)11-5-4-6-12(16)9-11;/h4-6,9,13-14H,3,7-8,10H2,1-2H3,(H2,17,18,19);1H. The van der Waals surface area contributed by atoms with E-state index in [2.05, 4.69) is 40.9 Å². The van der Waals surface area contributed by atoms with Crippen LogP contribution in [0.1, 0.15) is 24.8 Å². The number of thioether (sulfide) groups is 1. The molecule has 1 aromatic rings. The number of aliphatic imine (C=N–C) groups is 1. The Kier molecular flexibility index (Phi) is 8.82. The molecule has 1 aromatic carbocycles. The van der Waals surface area contributed by atoms with Gasteiger partial charge in [-0.2, -0.15) is 11.8 Å². The van der Waals surface area contributed by atoms with Crippen molar-refractivity contribution < 1.29 is 0 Å². The summed E-state index contributed by atoms with van der Waals surface area (Å²) in [5.74, 6) is 2.54. The minimum atomic E-state index is 0. The van der Waals surface area contributed by atoms with Crippen molar-refractivity contribution in [1.82, 2.24) is 10.6 Å². The SMILES string of the molecule is CCNC(=NCCSC)NC1CC1c1cccc(Cl)c1.I. The Morgan fingerprint density at radius 1 is 1.48 bits per heavy atom. The molecule has 6 heteroatoms. The van der Waals surface area contributed by atoms with E-state index >= 15 is 0 Å². The van der Waals surface area contributed by atoms with Crippen molar-refractivity contribution in [2.45, 2.75) is 25.3 Å². The number of nitrogens with zero attached hydrogens (tertiary/aromatic N) is 1. The van der Waals surface area contributed by atoms with E-state index in [1.165, 1.54) is 5.56 Å². The molecule has 118 valence electrons. The number of rotatable bonds is 6. The van der Waals surface area contributed by atoms with Crippen LogP contribution >= 0.6 is 47.3 Å². The van der Waals surface area contributed by atoms with Gasteiger partial charge in [0.25, 0.3) is 0 Å². The van der Waals surface area contributed by atoms with Gasteiger partial charge in [-0.25, -0.2) is 0 Å². The highest BCUT2D eigenvalue weighted by molar-refractivity contribution is 14.0. The Balaban J connectivity index is 0.00000220. The smallest absolute Gasteiger partial charge is 0.191 e. The maximum atomic E-state index is 6.05. The average molecular weight is 440 g/mol. The van der Waals surface area contributed by atoms with Crippen LogP contribution in [0.3, 0.4) is 0 Å². The topological polar surface area (TPSA) is 36.4 Å². The largest absolute Gasteiger partial charge is 0.357 e. The second-order valence-electron chi connectivity index (χ2n) is 4.90. The summed E-state index contributed by atoms with van der Waals surface area (Å²) in [6.45, 7) is 3.83. The fourth-order valence-corrected chi connectivity index (χ4v) is 2.68. The molecule has 2 N–H and O–H groups in total. The predicted octanol–water partition coefficient (Wildman–Crippen LogP) is 3.73. The van der Waals surface area contributed by atoms with Gasteiger partial charge in [-0.3, -0.25) is 4.99 Å². The van der Waals surface area contributed by atoms with Crippen LogP contribution in [0.2, 0.25) is 5.02 Å². The number of hydrogen-bond acceptors (Lipinski definition) is 2. The molecule has 0 radical (unpaired) electrons. The van der Waals surface area contributed by atoms with Crippen molar-refractivity contribution in [3.05, 3.63) is 34.9 Å². The highest BCUT2D eigenvalue weighted by Gasteiger charge is 2.39. The molecule has 0 amide bonds. The molecule has 0 aliphatic heterocycles. The van der Waals surface area contributed by atoms with E-state index in [4.69, 9.17) is 11.6 Å². The van der Waals surface area contributed by atoms with Crippen LogP contribution in [-0.2, 0) is 0 Å². The first-order chi connectivity index (χ1) is 9.74. The molecule has 0 bridgehead atoms. The Morgan fingerprint density at radius 2 is 2.29 bits per heavy atom. The summed E-state index contributed by atoms with van der Waals surface area (Å²) >= 11 is 7.86. The third kappa shape index (κ3) is 6.24. The minimum absolute atomic E-state index is 0. The van der Waals surface area contributed by atoms with E-state index in [0.717, 1.165) is 36.2 Å². The van der Waals surface area contributed by atoms with E-state index in [-0.39, 0.29) is 24.0 Å². The first-order valence-electron chi connectivity index (χ1n) is 7.03. The van der Waals surface area contributed by atoms with Crippen molar-refractivity contribution in [3.63, 3.8) is 0 Å². The van der Waals surface area contributed by atoms with Crippen molar-refractivity contribution >= 4 is 53.3 Å². The van der Waals surface area contributed by atoms with Gasteiger partial charge >= 0.3 is 0 Å². The average Bonchev–Trinajstić information content (AvgIpc) is 3.18. The summed E-state index contributed by atoms with van der Waals surface area (Å²) in [5, 5.41) is 7.62. The van der Waals surface area contributed by atoms with Gasteiger partial charge in [0, 0.05) is 29.3 Å². The molecule has 1 aliphatic rings. The van der Waals surface area contributed by atoms with Crippen molar-refractivity contribution in [1.29, 1.82) is 0 Å². The summed E-state index contributed by atoms with van der Waals surface area (Å²) in [6, 6.07) is 8.62. The normalized spacial score (nSPS) is 20.6. The number of nitrogens with one attached hydrogen (secondary N) is 2. The van der Waals surface area contributed by atoms with Crippen LogP contribution in [0, 0.1) is 0 Å². The summed E-state index contributed by atoms with van der Waals surface area (Å²) in [7, 11) is 0. The molecule has 1 saturated carbocycles. The molecule has 21 heavy (non-hydrogen) atoms. The van der Waals surface area contributed by atoms with E-state index in [1.807, 2.05) is 23.9 Å². The second kappa shape index (κ2) is 9.79. The maximum Gasteiger partial charge on any atom is 0.191 e. The first-order valence-corrected chi connectivity index (χ1v) is 8.81. The van der Waals surface area contributed by atoms with Crippen molar-refractivity contribution in [3.8, 4) is 0 Å². The Morgan fingerprint density at radius 3 is 2.95 bits per heavy atom. The molecule has 2 atom stereocenters. The lowest BCUT2D eigenvalue weighted by Crippen LogP contribution is -2.39. The number of guanidine groups is 1. The van der Waals surface area contributed by atoms with Gasteiger partial charge in [0.15, 0.2) is 5.96 Å². The van der Waals surface area contributed by atoms with Crippen LogP contribution in [-0.4, -0.2) is 37.1 Å². The lowest BCUT2D eigenvalue weighted by atomic mass is 10.1. The fourth-order valence-electron chi connectivity index (χ4n) is 2.20. The molecular weight excluding hydrogens is 417 g/mol. The summed E-state index contributed by atoms with van der Waals surface area (Å²) in [5.41, 5.74) is 1.31. The lowest BCUT2D eigenvalue weighted by Gasteiger charge is -2.11. The number of benzene rings is 1. The zero-order valence-electron chi connectivity index (χ0n) is 12.4. The van der Waals surface area contributed by atoms with Gasteiger partial charge in [-0.1, -0.05) is 23.7 Å². The van der Waals surface area contributed by atoms with Gasteiger partial charge in [0.2, 0.25) is 0 Å². The molecule has 0 saturated heterocycles. The molecule has 2 unspecified atom stereocenters. The number of hydrogen-bond donors (Lipinski definition) is 2. The van der Waals surface area contributed by atoms with Gasteiger partial charge in [-0.15, -0.1) is 24.0 Å². The highest BCUT2D eigenvalue weighted by Crippen LogP contribution is 2.41. The molecule has 2 rings (SSSR count). The summed E-state index contributed by atoms with van der Waals surface area (Å²) in [4.78, 5) is 4.58. The van der Waals surface area contributed by atoms with E-state index < -0.39 is 0 Å². The summed E-state index contributed by atoms with van der Waals surface area (Å²) in [6.07, 6.45) is 3.25. The predicted molar refractivity (Wildman–Crippen MR) is 106 cm³/mol. The molecule has 1 aliphatic carbocycles. The third-order valence-electron chi connectivity index (χ3n) is 3.30. The zero-order valence-corrected chi connectivity index (χ0v) is 16.3. The molecule has 0 spiro atoms. The number of halogens is 2. The van der Waals surface area contributed by atoms with Crippen LogP contribution in [0.15, 0.2) is 29.3 Å². The van der Waals surface area contributed by atoms with E-state index in [1.54, 1.807) is 0 Å². The van der Waals surface area contributed by atoms with E-state index in [9.17, 15) is 0 Å². The van der Waals surface area contributed by atoms with E-state index in [0.29, 0.717) is 12.0 Å². The minimum Gasteiger partial charge on any atom is -0.357 e. The van der Waals surface area contributed by atoms with Crippen LogP contribution in [0.4, 0.5) is 0 Å². The van der Waals surface area contributed by atoms with Crippen molar-refractivity contribution in [2.75, 3.05) is 25.1 Å². The summed E-state index contributed by atoms with van der Waals surface area (Å²) < 4.78 is 0. The molecular formula is C15H23ClIN3S. The molecule has 3 nitrogen and oxygen atoms in total. The highest BCUT2D eigenvalue weighted by atomic mass is 127. The molecule has 1 fully saturated rings.